The van der Waals surface area contributed by atoms with Crippen molar-refractivity contribution in [1.82, 2.24) is 0 Å². The van der Waals surface area contributed by atoms with Crippen LogP contribution in [0.4, 0.5) is 17.1 Å². The molecule has 2 unspecified atom stereocenters. The lowest BCUT2D eigenvalue weighted by Crippen LogP contribution is -2.13. The van der Waals surface area contributed by atoms with Crippen LogP contribution in [-0.4, -0.2) is 48.9 Å². The van der Waals surface area contributed by atoms with Crippen LogP contribution in [-0.2, 0) is 34.4 Å². The number of nitrogens with one attached hydrogen (secondary N) is 1. The summed E-state index contributed by atoms with van der Waals surface area (Å²) in [7, 11) is 1.84. The number of hydrogen-bond acceptors (Lipinski definition) is 11. The Balaban J connectivity index is 1.74. The van der Waals surface area contributed by atoms with E-state index in [0.717, 1.165) is 25.7 Å². The zero-order valence-corrected chi connectivity index (χ0v) is 25.1. The molecule has 3 aromatic carbocycles. The summed E-state index contributed by atoms with van der Waals surface area (Å²) < 4.78 is 47.6. The molecule has 0 radical (unpaired) electrons. The minimum absolute atomic E-state index is 0.0284. The van der Waals surface area contributed by atoms with Crippen molar-refractivity contribution in [1.29, 1.82) is 0 Å². The van der Waals surface area contributed by atoms with Crippen molar-refractivity contribution in [3.8, 4) is 5.75 Å². The van der Waals surface area contributed by atoms with Crippen molar-refractivity contribution >= 4 is 76.5 Å². The van der Waals surface area contributed by atoms with Gasteiger partial charge in [0.05, 0.1) is 35.4 Å². The molecule has 2 N–H and O–H groups in total. The number of amides is 1. The summed E-state index contributed by atoms with van der Waals surface area (Å²) in [5, 5.41) is 23.3. The number of aromatic hydroxyl groups is 1. The molecule has 3 aromatic rings. The van der Waals surface area contributed by atoms with Crippen LogP contribution in [0.25, 0.3) is 10.8 Å². The summed E-state index contributed by atoms with van der Waals surface area (Å²) in [6, 6.07) is 12.6. The molecule has 4 rings (SSSR count). The standard InChI is InChI=1S/C26H29N3O7S4/c1-35-39(32)22-15-17-14-20(40(33,34)36-2)16-21(27-23(30)11-7-6-10-19-12-13-37-38-19)24(17)26(31)25(22)29-28-18-8-4-3-5-9-18/h3-5,8-9,14-16,19,31H,6-7,10-13H2,1-2H3,(H,27,30)/b29-28+. The van der Waals surface area contributed by atoms with Gasteiger partial charge in [-0.3, -0.25) is 13.2 Å². The van der Waals surface area contributed by atoms with Gasteiger partial charge in [-0.05, 0) is 55.0 Å². The molecule has 1 heterocycles. The highest BCUT2D eigenvalue weighted by Crippen LogP contribution is 2.45. The molecule has 0 spiro atoms. The topological polar surface area (TPSA) is 144 Å². The fraction of sp³-hybridized carbons (Fsp3) is 0.346. The van der Waals surface area contributed by atoms with E-state index in [0.29, 0.717) is 17.4 Å². The van der Waals surface area contributed by atoms with Crippen molar-refractivity contribution in [2.24, 2.45) is 10.2 Å². The first-order valence-electron chi connectivity index (χ1n) is 12.4. The second kappa shape index (κ2) is 13.9. The SMILES string of the molecule is COS(=O)c1cc2cc(S(=O)(=O)OC)cc(NC(=O)CCCCC3CCSS3)c2c(O)c1/N=N/c1ccccc1. The summed E-state index contributed by atoms with van der Waals surface area (Å²) in [4.78, 5) is 12.6. The summed E-state index contributed by atoms with van der Waals surface area (Å²) in [5.74, 6) is 0.378. The fourth-order valence-corrected chi connectivity index (χ4v) is 8.60. The molecular weight excluding hydrogens is 595 g/mol. The number of anilines is 1. The first-order valence-corrected chi connectivity index (χ1v) is 17.3. The third kappa shape index (κ3) is 7.42. The second-order valence-corrected chi connectivity index (χ2v) is 14.6. The smallest absolute Gasteiger partial charge is 0.296 e. The van der Waals surface area contributed by atoms with Gasteiger partial charge in [-0.15, -0.1) is 5.11 Å². The van der Waals surface area contributed by atoms with E-state index >= 15 is 0 Å². The quantitative estimate of drug-likeness (QED) is 0.0984. The number of azo groups is 1. The van der Waals surface area contributed by atoms with Gasteiger partial charge in [0.2, 0.25) is 5.91 Å². The average Bonchev–Trinajstić information content (AvgIpc) is 3.48. The normalized spacial score (nSPS) is 16.5. The van der Waals surface area contributed by atoms with Gasteiger partial charge in [0.15, 0.2) is 16.8 Å². The largest absolute Gasteiger partial charge is 0.505 e. The van der Waals surface area contributed by atoms with Crippen molar-refractivity contribution in [3.63, 3.8) is 0 Å². The first kappa shape index (κ1) is 30.5. The van der Waals surface area contributed by atoms with Crippen LogP contribution >= 0.6 is 21.6 Å². The van der Waals surface area contributed by atoms with E-state index < -0.39 is 26.9 Å². The molecule has 14 heteroatoms. The molecule has 0 aliphatic carbocycles. The van der Waals surface area contributed by atoms with Gasteiger partial charge in [-0.25, -0.2) is 4.21 Å². The van der Waals surface area contributed by atoms with Gasteiger partial charge in [0, 0.05) is 22.8 Å². The van der Waals surface area contributed by atoms with Crippen LogP contribution in [0.5, 0.6) is 5.75 Å². The third-order valence-electron chi connectivity index (χ3n) is 6.17. The number of nitrogens with zero attached hydrogens (tertiary/aromatic N) is 2. The Kier molecular flexibility index (Phi) is 10.6. The second-order valence-electron chi connectivity index (χ2n) is 8.82. The zero-order valence-electron chi connectivity index (χ0n) is 21.9. The Hall–Kier alpha value is -2.49. The van der Waals surface area contributed by atoms with Gasteiger partial charge in [0.25, 0.3) is 10.1 Å². The molecule has 0 bridgehead atoms. The van der Waals surface area contributed by atoms with E-state index in [1.807, 2.05) is 27.7 Å². The number of carbonyl (C=O) groups is 1. The molecule has 1 aliphatic rings. The van der Waals surface area contributed by atoms with Crippen LogP contribution in [0.3, 0.4) is 0 Å². The van der Waals surface area contributed by atoms with Gasteiger partial charge in [-0.2, -0.15) is 13.5 Å². The maximum Gasteiger partial charge on any atom is 0.296 e. The maximum absolute atomic E-state index is 12.9. The predicted molar refractivity (Wildman–Crippen MR) is 159 cm³/mol. The molecule has 1 amide bonds. The lowest BCUT2D eigenvalue weighted by molar-refractivity contribution is -0.116. The number of phenols is 1. The molecule has 40 heavy (non-hydrogen) atoms. The molecular formula is C26H29N3O7S4. The summed E-state index contributed by atoms with van der Waals surface area (Å²) in [6.45, 7) is 0. The number of rotatable bonds is 12. The van der Waals surface area contributed by atoms with E-state index in [1.165, 1.54) is 31.7 Å². The highest BCUT2D eigenvalue weighted by molar-refractivity contribution is 8.77. The van der Waals surface area contributed by atoms with E-state index in [1.54, 1.807) is 24.3 Å². The van der Waals surface area contributed by atoms with Crippen molar-refractivity contribution in [3.05, 3.63) is 48.5 Å². The predicted octanol–water partition coefficient (Wildman–Crippen LogP) is 6.62. The van der Waals surface area contributed by atoms with Crippen molar-refractivity contribution in [2.45, 2.75) is 47.1 Å². The molecule has 1 saturated heterocycles. The van der Waals surface area contributed by atoms with Crippen LogP contribution in [0.15, 0.2) is 68.6 Å². The monoisotopic (exact) mass is 623 g/mol. The highest BCUT2D eigenvalue weighted by atomic mass is 33.1. The van der Waals surface area contributed by atoms with Crippen LogP contribution in [0.2, 0.25) is 0 Å². The van der Waals surface area contributed by atoms with Gasteiger partial charge in [-0.1, -0.05) is 46.2 Å². The lowest BCUT2D eigenvalue weighted by atomic mass is 10.1. The van der Waals surface area contributed by atoms with Crippen molar-refractivity contribution in [2.75, 3.05) is 25.3 Å². The number of phenolic OH excluding ortho intramolecular Hbond substituents is 1. The summed E-state index contributed by atoms with van der Waals surface area (Å²) in [6.07, 6.45) is 3.99. The molecule has 0 saturated carbocycles. The van der Waals surface area contributed by atoms with Crippen LogP contribution in [0, 0.1) is 0 Å². The molecule has 10 nitrogen and oxygen atoms in total. The highest BCUT2D eigenvalue weighted by Gasteiger charge is 2.24. The van der Waals surface area contributed by atoms with Gasteiger partial charge >= 0.3 is 0 Å². The van der Waals surface area contributed by atoms with E-state index in [9.17, 15) is 22.5 Å². The maximum atomic E-state index is 12.9. The number of hydrogen-bond donors (Lipinski definition) is 2. The Bertz CT molecular complexity index is 1530. The first-order chi connectivity index (χ1) is 19.2. The Morgan fingerprint density at radius 2 is 1.93 bits per heavy atom. The average molecular weight is 624 g/mol. The van der Waals surface area contributed by atoms with Crippen LogP contribution in [0.1, 0.15) is 32.1 Å². The van der Waals surface area contributed by atoms with Crippen molar-refractivity contribution < 1.29 is 30.9 Å². The number of benzene rings is 3. The molecule has 1 aliphatic heterocycles. The Morgan fingerprint density at radius 1 is 1.15 bits per heavy atom. The number of fused-ring (bicyclic) bond motifs is 1. The number of carbonyl (C=O) groups excluding carboxylic acids is 1. The molecule has 2 atom stereocenters. The zero-order chi connectivity index (χ0) is 28.7. The number of unbranched alkanes of at least 4 members (excludes halogenated alkanes) is 1. The van der Waals surface area contributed by atoms with Crippen LogP contribution < -0.4 is 5.32 Å². The van der Waals surface area contributed by atoms with E-state index in [4.69, 9.17) is 4.18 Å². The minimum atomic E-state index is -4.17. The molecule has 214 valence electrons. The Labute approximate surface area is 243 Å². The fourth-order valence-electron chi connectivity index (χ4n) is 4.15. The lowest BCUT2D eigenvalue weighted by Gasteiger charge is -2.15. The summed E-state index contributed by atoms with van der Waals surface area (Å²) >= 11 is -2.06. The molecule has 1 fully saturated rings. The van der Waals surface area contributed by atoms with Gasteiger partial charge in [0.1, 0.15) is 5.69 Å². The van der Waals surface area contributed by atoms with E-state index in [-0.39, 0.29) is 44.3 Å². The molecule has 0 aromatic heterocycles. The summed E-state index contributed by atoms with van der Waals surface area (Å²) in [5.41, 5.74) is 0.395. The third-order valence-corrected chi connectivity index (χ3v) is 11.4. The van der Waals surface area contributed by atoms with Gasteiger partial charge < -0.3 is 10.4 Å². The Morgan fingerprint density at radius 3 is 2.60 bits per heavy atom. The van der Waals surface area contributed by atoms with E-state index in [2.05, 4.69) is 19.7 Å². The minimum Gasteiger partial charge on any atom is -0.505 e.